The van der Waals surface area contributed by atoms with Crippen molar-refractivity contribution in [3.63, 3.8) is 0 Å². The second kappa shape index (κ2) is 6.42. The van der Waals surface area contributed by atoms with E-state index in [2.05, 4.69) is 0 Å². The summed E-state index contributed by atoms with van der Waals surface area (Å²) >= 11 is 0. The van der Waals surface area contributed by atoms with Gasteiger partial charge in [-0.3, -0.25) is 4.55 Å². The predicted octanol–water partition coefficient (Wildman–Crippen LogP) is -1.93. The molecule has 0 saturated carbocycles. The van der Waals surface area contributed by atoms with E-state index in [0.29, 0.717) is 5.75 Å². The molecule has 0 aromatic heterocycles. The number of hydrogen-bond acceptors (Lipinski definition) is 3. The molecule has 6 heteroatoms. The molecule has 0 aliphatic carbocycles. The Bertz CT molecular complexity index is 354. The molecule has 0 spiro atoms. The van der Waals surface area contributed by atoms with Crippen LogP contribution in [0.4, 0.5) is 0 Å². The minimum absolute atomic E-state index is 0. The van der Waals surface area contributed by atoms with Crippen molar-refractivity contribution < 1.29 is 48.7 Å². The Balaban J connectivity index is 0. The first-order valence-corrected chi connectivity index (χ1v) is 5.32. The molecule has 0 amide bonds. The number of hydrogen-bond donors (Lipinski definition) is 1. The van der Waals surface area contributed by atoms with Crippen molar-refractivity contribution in [2.75, 3.05) is 12.4 Å². The van der Waals surface area contributed by atoms with E-state index >= 15 is 0 Å². The molecule has 1 N–H and O–H groups in total. The molecule has 74 valence electrons. The van der Waals surface area contributed by atoms with Crippen molar-refractivity contribution in [1.29, 1.82) is 0 Å². The van der Waals surface area contributed by atoms with E-state index < -0.39 is 10.1 Å². The van der Waals surface area contributed by atoms with E-state index in [1.165, 1.54) is 0 Å². The quantitative estimate of drug-likeness (QED) is 0.480. The third-order valence-corrected chi connectivity index (χ3v) is 2.04. The summed E-state index contributed by atoms with van der Waals surface area (Å²) in [5, 5.41) is 0. The van der Waals surface area contributed by atoms with Crippen LogP contribution < -0.4 is 34.3 Å². The van der Waals surface area contributed by atoms with Crippen molar-refractivity contribution in [3.8, 4) is 5.75 Å². The number of ether oxygens (including phenoxy) is 1. The predicted molar refractivity (Wildman–Crippen MR) is 49.5 cm³/mol. The first-order valence-electron chi connectivity index (χ1n) is 3.71. The first-order chi connectivity index (χ1) is 6.08. The van der Waals surface area contributed by atoms with Crippen LogP contribution >= 0.6 is 0 Å². The zero-order valence-corrected chi connectivity index (χ0v) is 10.7. The molecule has 0 unspecified atom stereocenters. The Morgan fingerprint density at radius 3 is 2.36 bits per heavy atom. The van der Waals surface area contributed by atoms with Crippen LogP contribution in [0.5, 0.6) is 5.75 Å². The van der Waals surface area contributed by atoms with E-state index in [9.17, 15) is 8.42 Å². The second-order valence-corrected chi connectivity index (χ2v) is 4.02. The summed E-state index contributed by atoms with van der Waals surface area (Å²) in [7, 11) is -3.92. The van der Waals surface area contributed by atoms with Gasteiger partial charge < -0.3 is 6.16 Å². The van der Waals surface area contributed by atoms with Gasteiger partial charge in [0.25, 0.3) is 10.1 Å². The molecule has 0 atom stereocenters. The van der Waals surface area contributed by atoms with Crippen LogP contribution in [-0.4, -0.2) is 25.3 Å². The van der Waals surface area contributed by atoms with Crippen molar-refractivity contribution in [1.82, 2.24) is 0 Å². The van der Waals surface area contributed by atoms with Crippen LogP contribution in [0.15, 0.2) is 30.3 Å². The van der Waals surface area contributed by atoms with Crippen LogP contribution in [0.2, 0.25) is 0 Å². The third-order valence-electron chi connectivity index (χ3n) is 1.35. The number of benzene rings is 1. The largest absolute Gasteiger partial charge is 1.00 e. The zero-order chi connectivity index (χ0) is 9.73. The maximum atomic E-state index is 10.3. The fourth-order valence-electron chi connectivity index (χ4n) is 0.782. The molecule has 0 saturated heterocycles. The monoisotopic (exact) mass is 226 g/mol. The maximum Gasteiger partial charge on any atom is 1.00 e. The first kappa shape index (κ1) is 13.9. The second-order valence-electron chi connectivity index (χ2n) is 2.45. The van der Waals surface area contributed by atoms with Gasteiger partial charge in [-0.05, 0) is 12.1 Å². The normalized spacial score (nSPS) is 10.4. The number of rotatable bonds is 4. The smallest absolute Gasteiger partial charge is 1.00 e. The van der Waals surface area contributed by atoms with Gasteiger partial charge in [-0.2, -0.15) is 8.42 Å². The Morgan fingerprint density at radius 2 is 1.86 bits per heavy atom. The summed E-state index contributed by atoms with van der Waals surface area (Å²) in [6, 6.07) is 8.81. The molecular formula is C8H11NaO4S. The van der Waals surface area contributed by atoms with Gasteiger partial charge in [-0.25, -0.2) is 0 Å². The number of para-hydroxylation sites is 1. The van der Waals surface area contributed by atoms with E-state index in [-0.39, 0.29) is 43.3 Å². The minimum atomic E-state index is -3.92. The fourth-order valence-corrected chi connectivity index (χ4v) is 1.08. The fraction of sp³-hybridized carbons (Fsp3) is 0.250. The zero-order valence-electron chi connectivity index (χ0n) is 8.88. The molecule has 0 aliphatic heterocycles. The summed E-state index contributed by atoms with van der Waals surface area (Å²) in [4.78, 5) is 0. The van der Waals surface area contributed by atoms with Crippen LogP contribution in [0, 0.1) is 0 Å². The summed E-state index contributed by atoms with van der Waals surface area (Å²) in [5.41, 5.74) is 0. The van der Waals surface area contributed by atoms with Crippen LogP contribution in [0.3, 0.4) is 0 Å². The maximum absolute atomic E-state index is 10.3. The van der Waals surface area contributed by atoms with E-state index in [0.717, 1.165) is 0 Å². The standard InChI is InChI=1S/C8H10O4S.Na.H/c9-13(10,11)7-6-12-8-4-2-1-3-5-8;;/h1-5H,6-7H2,(H,9,10,11);;/q;+1;-1. The minimum Gasteiger partial charge on any atom is -1.00 e. The van der Waals surface area contributed by atoms with E-state index in [4.69, 9.17) is 9.29 Å². The van der Waals surface area contributed by atoms with Gasteiger partial charge >= 0.3 is 29.6 Å². The van der Waals surface area contributed by atoms with Gasteiger partial charge in [0.2, 0.25) is 0 Å². The van der Waals surface area contributed by atoms with Crippen LogP contribution in [-0.2, 0) is 10.1 Å². The van der Waals surface area contributed by atoms with Crippen molar-refractivity contribution >= 4 is 10.1 Å². The van der Waals surface area contributed by atoms with Gasteiger partial charge in [0.05, 0.1) is 0 Å². The summed E-state index contributed by atoms with van der Waals surface area (Å²) in [6.07, 6.45) is 0. The Morgan fingerprint density at radius 1 is 1.29 bits per heavy atom. The molecule has 1 aromatic carbocycles. The van der Waals surface area contributed by atoms with Gasteiger partial charge in [0.15, 0.2) is 0 Å². The molecular weight excluding hydrogens is 215 g/mol. The average molecular weight is 226 g/mol. The molecule has 0 radical (unpaired) electrons. The Hall–Kier alpha value is -0.0700. The van der Waals surface area contributed by atoms with Gasteiger partial charge in [0, 0.05) is 0 Å². The van der Waals surface area contributed by atoms with Crippen LogP contribution in [0.25, 0.3) is 0 Å². The van der Waals surface area contributed by atoms with Crippen molar-refractivity contribution in [3.05, 3.63) is 30.3 Å². The van der Waals surface area contributed by atoms with Crippen molar-refractivity contribution in [2.24, 2.45) is 0 Å². The van der Waals surface area contributed by atoms with Gasteiger partial charge in [-0.1, -0.05) is 18.2 Å². The SMILES string of the molecule is O=S(=O)(O)CCOc1ccccc1.[H-].[Na+]. The Labute approximate surface area is 107 Å². The average Bonchev–Trinajstić information content (AvgIpc) is 2.04. The van der Waals surface area contributed by atoms with E-state index in [1.807, 2.05) is 6.07 Å². The van der Waals surface area contributed by atoms with Crippen molar-refractivity contribution in [2.45, 2.75) is 0 Å². The summed E-state index contributed by atoms with van der Waals surface area (Å²) in [6.45, 7) is -0.0388. The van der Waals surface area contributed by atoms with E-state index in [1.54, 1.807) is 24.3 Å². The molecule has 0 bridgehead atoms. The van der Waals surface area contributed by atoms with Gasteiger partial charge in [0.1, 0.15) is 18.1 Å². The summed E-state index contributed by atoms with van der Waals surface area (Å²) in [5.74, 6) is 0.202. The molecule has 0 fully saturated rings. The molecule has 4 nitrogen and oxygen atoms in total. The molecule has 1 rings (SSSR count). The summed E-state index contributed by atoms with van der Waals surface area (Å²) < 4.78 is 34.0. The molecule has 14 heavy (non-hydrogen) atoms. The van der Waals surface area contributed by atoms with Gasteiger partial charge in [-0.15, -0.1) is 0 Å². The molecule has 0 aliphatic rings. The molecule has 1 aromatic rings. The Kier molecular flexibility index (Phi) is 6.39. The topological polar surface area (TPSA) is 63.6 Å². The molecule has 0 heterocycles. The van der Waals surface area contributed by atoms with Crippen LogP contribution in [0.1, 0.15) is 1.43 Å². The third kappa shape index (κ3) is 6.39.